The molecule has 2 nitrogen and oxygen atoms in total. The van der Waals surface area contributed by atoms with Crippen molar-refractivity contribution in [2.45, 2.75) is 0 Å². The normalized spacial score (nSPS) is 14.3. The lowest BCUT2D eigenvalue weighted by Gasteiger charge is -2.39. The van der Waals surface area contributed by atoms with Crippen LogP contribution in [-0.2, 0) is 0 Å². The third kappa shape index (κ3) is 5.78. The van der Waals surface area contributed by atoms with E-state index < -0.39 is 16.1 Å². The van der Waals surface area contributed by atoms with E-state index in [0.29, 0.717) is 0 Å². The molecule has 14 rings (SSSR count). The van der Waals surface area contributed by atoms with E-state index in [2.05, 4.69) is 288 Å². The van der Waals surface area contributed by atoms with Crippen molar-refractivity contribution < 1.29 is 0 Å². The summed E-state index contributed by atoms with van der Waals surface area (Å²) in [5.74, 6) is 0. The van der Waals surface area contributed by atoms with Crippen LogP contribution < -0.4 is 41.5 Å². The van der Waals surface area contributed by atoms with Gasteiger partial charge in [-0.05, 0) is 89.0 Å². The van der Waals surface area contributed by atoms with Gasteiger partial charge in [0.25, 0.3) is 0 Å². The standard InChI is InChI=1S/C66H46N2Si2/c1-6-21-47(22-7-1)48-37-40-54(41-38-48)70(53-29-14-5-15-30-53)64-35-19-18-34-62(64)68-61-44-39-49(45-59(61)58-32-20-36-65(70)66(58)68)67-60-33-17-16-31-56(60)57-43-42-55(46-63(57)67)69(50-23-8-2-9-24-50,51-25-10-3-11-26-51)52-27-12-4-13-28-52/h1-46H. The molecule has 0 bridgehead atoms. The van der Waals surface area contributed by atoms with E-state index in [1.54, 1.807) is 0 Å². The van der Waals surface area contributed by atoms with Gasteiger partial charge in [0.15, 0.2) is 16.1 Å². The predicted octanol–water partition coefficient (Wildman–Crippen LogP) is 10.6. The third-order valence-corrected chi connectivity index (χ3v) is 25.0. The molecule has 0 fully saturated rings. The molecule has 0 spiro atoms. The molecule has 1 unspecified atom stereocenters. The van der Waals surface area contributed by atoms with Gasteiger partial charge < -0.3 is 9.13 Å². The Hall–Kier alpha value is -8.55. The van der Waals surface area contributed by atoms with E-state index in [-0.39, 0.29) is 0 Å². The maximum atomic E-state index is 2.58. The van der Waals surface area contributed by atoms with Gasteiger partial charge in [-0.1, -0.05) is 243 Å². The molecule has 0 amide bonds. The minimum Gasteiger partial charge on any atom is -0.309 e. The second-order valence-electron chi connectivity index (χ2n) is 18.7. The van der Waals surface area contributed by atoms with Crippen molar-refractivity contribution in [2.24, 2.45) is 0 Å². The van der Waals surface area contributed by atoms with Crippen LogP contribution in [0.5, 0.6) is 0 Å². The van der Waals surface area contributed by atoms with E-state index in [1.807, 2.05) is 0 Å². The monoisotopic (exact) mass is 922 g/mol. The van der Waals surface area contributed by atoms with Gasteiger partial charge in [-0.2, -0.15) is 0 Å². The summed E-state index contributed by atoms with van der Waals surface area (Å²) in [7, 11) is -5.67. The zero-order valence-electron chi connectivity index (χ0n) is 38.5. The number of hydrogen-bond donors (Lipinski definition) is 0. The topological polar surface area (TPSA) is 9.86 Å². The minimum absolute atomic E-state index is 1.15. The summed E-state index contributed by atoms with van der Waals surface area (Å²) in [5, 5.41) is 16.1. The fourth-order valence-electron chi connectivity index (χ4n) is 12.4. The maximum Gasteiger partial charge on any atom is 0.184 e. The van der Waals surface area contributed by atoms with Gasteiger partial charge in [0.1, 0.15) is 0 Å². The molecule has 13 aromatic rings. The van der Waals surface area contributed by atoms with Crippen molar-refractivity contribution in [2.75, 3.05) is 0 Å². The number of rotatable bonds is 8. The molecule has 1 atom stereocenters. The number of para-hydroxylation sites is 3. The van der Waals surface area contributed by atoms with E-state index in [0.717, 1.165) is 5.69 Å². The summed E-state index contributed by atoms with van der Waals surface area (Å²) >= 11 is 0. The first-order chi connectivity index (χ1) is 34.7. The van der Waals surface area contributed by atoms with Crippen molar-refractivity contribution in [1.82, 2.24) is 9.13 Å². The largest absolute Gasteiger partial charge is 0.309 e. The Morgan fingerprint density at radius 3 is 1.49 bits per heavy atom. The molecule has 1 aliphatic rings. The van der Waals surface area contributed by atoms with Crippen molar-refractivity contribution in [3.8, 4) is 22.5 Å². The summed E-state index contributed by atoms with van der Waals surface area (Å²) in [4.78, 5) is 0. The maximum absolute atomic E-state index is 2.86. The Bertz CT molecular complexity index is 3990. The predicted molar refractivity (Wildman–Crippen MR) is 301 cm³/mol. The summed E-state index contributed by atoms with van der Waals surface area (Å²) in [5.41, 5.74) is 9.83. The summed E-state index contributed by atoms with van der Waals surface area (Å²) in [6.07, 6.45) is 0. The Morgan fingerprint density at radius 2 is 0.800 bits per heavy atom. The molecule has 4 heteroatoms. The Balaban J connectivity index is 1.03. The average molecular weight is 923 g/mol. The molecule has 0 radical (unpaired) electrons. The number of hydrogen-bond acceptors (Lipinski definition) is 0. The van der Waals surface area contributed by atoms with Crippen LogP contribution in [-0.4, -0.2) is 25.3 Å². The zero-order chi connectivity index (χ0) is 46.2. The van der Waals surface area contributed by atoms with Gasteiger partial charge in [0.05, 0.1) is 22.1 Å². The van der Waals surface area contributed by atoms with Crippen molar-refractivity contribution in [3.05, 3.63) is 279 Å². The Morgan fingerprint density at radius 1 is 0.286 bits per heavy atom. The van der Waals surface area contributed by atoms with Crippen LogP contribution in [0.2, 0.25) is 0 Å². The molecule has 0 N–H and O–H groups in total. The molecule has 0 saturated heterocycles. The van der Waals surface area contributed by atoms with E-state index >= 15 is 0 Å². The highest BCUT2D eigenvalue weighted by molar-refractivity contribution is 7.21. The van der Waals surface area contributed by atoms with Crippen LogP contribution in [0.1, 0.15) is 0 Å². The molecular weight excluding hydrogens is 877 g/mol. The molecule has 3 heterocycles. The summed E-state index contributed by atoms with van der Waals surface area (Å²) < 4.78 is 5.11. The molecule has 11 aromatic carbocycles. The van der Waals surface area contributed by atoms with Crippen LogP contribution in [0.4, 0.5) is 0 Å². The first kappa shape index (κ1) is 40.5. The third-order valence-electron chi connectivity index (χ3n) is 15.3. The number of aromatic nitrogens is 2. The van der Waals surface area contributed by atoms with E-state index in [1.165, 1.54) is 102 Å². The van der Waals surface area contributed by atoms with Gasteiger partial charge in [-0.25, -0.2) is 0 Å². The second kappa shape index (κ2) is 16.0. The van der Waals surface area contributed by atoms with Crippen molar-refractivity contribution in [3.63, 3.8) is 0 Å². The van der Waals surface area contributed by atoms with Crippen LogP contribution in [0, 0.1) is 0 Å². The lowest BCUT2D eigenvalue weighted by Crippen LogP contribution is -2.76. The molecule has 2 aromatic heterocycles. The number of nitrogens with zero attached hydrogens (tertiary/aromatic N) is 2. The van der Waals surface area contributed by atoms with Crippen LogP contribution in [0.25, 0.3) is 66.1 Å². The molecule has 0 aliphatic carbocycles. The van der Waals surface area contributed by atoms with Gasteiger partial charge in [-0.3, -0.25) is 0 Å². The minimum atomic E-state index is -2.86. The SMILES string of the molecule is c1ccc(-c2ccc([Si]3(c4ccccc4)c4ccccc4-n4c5ccc(-n6c7ccccc7c7ccc([Si](c8ccccc8)(c8ccccc8)c8ccccc8)cc76)cc5c5cccc3c54)cc2)cc1. The molecule has 328 valence electrons. The van der Waals surface area contributed by atoms with E-state index in [9.17, 15) is 0 Å². The smallest absolute Gasteiger partial charge is 0.184 e. The van der Waals surface area contributed by atoms with Crippen LogP contribution >= 0.6 is 0 Å². The fraction of sp³-hybridized carbons (Fsp3) is 0. The lowest BCUT2D eigenvalue weighted by atomic mass is 10.1. The highest BCUT2D eigenvalue weighted by atomic mass is 28.3. The average Bonchev–Trinajstić information content (AvgIpc) is 3.96. The molecule has 1 aliphatic heterocycles. The van der Waals surface area contributed by atoms with Gasteiger partial charge >= 0.3 is 0 Å². The van der Waals surface area contributed by atoms with Gasteiger partial charge in [0, 0.05) is 32.9 Å². The van der Waals surface area contributed by atoms with E-state index in [4.69, 9.17) is 0 Å². The van der Waals surface area contributed by atoms with Gasteiger partial charge in [-0.15, -0.1) is 0 Å². The quantitative estimate of drug-likeness (QED) is 0.106. The summed E-state index contributed by atoms with van der Waals surface area (Å²) in [6.45, 7) is 0. The molecule has 70 heavy (non-hydrogen) atoms. The molecule has 0 saturated carbocycles. The number of fused-ring (bicyclic) bond motifs is 8. The van der Waals surface area contributed by atoms with Crippen molar-refractivity contribution >= 4 is 101 Å². The fourth-order valence-corrected chi connectivity index (χ4v) is 22.3. The van der Waals surface area contributed by atoms with Crippen molar-refractivity contribution in [1.29, 1.82) is 0 Å². The Labute approximate surface area is 409 Å². The summed E-state index contributed by atoms with van der Waals surface area (Å²) in [6, 6.07) is 105. The highest BCUT2D eigenvalue weighted by Crippen LogP contribution is 2.39. The second-order valence-corrected chi connectivity index (χ2v) is 26.3. The first-order valence-electron chi connectivity index (χ1n) is 24.3. The first-order valence-corrected chi connectivity index (χ1v) is 28.3. The van der Waals surface area contributed by atoms with Crippen LogP contribution in [0.3, 0.4) is 0 Å². The number of benzene rings is 11. The van der Waals surface area contributed by atoms with Gasteiger partial charge in [0.2, 0.25) is 0 Å². The zero-order valence-corrected chi connectivity index (χ0v) is 40.5. The lowest BCUT2D eigenvalue weighted by molar-refractivity contribution is 1.17. The molecular formula is C66H46N2Si2. The Kier molecular flexibility index (Phi) is 9.28. The highest BCUT2D eigenvalue weighted by Gasteiger charge is 2.48. The van der Waals surface area contributed by atoms with Crippen LogP contribution in [0.15, 0.2) is 279 Å².